The standard InChI is InChI=1S/C60H44N2O2S2/c1-41-22-19-23-42(2)57(41)60-61-49(47-32-20-38-55-58(47)63-51-34-15-17-36-53(51)65(55,43-24-7-3-8-25-43)44-26-9-4-10-27-44)40-50(62-60)48-33-21-39-56-59(48)64-52-35-16-18-37-54(52)66(56,45-28-11-5-12-29-45)46-30-13-6-14-31-46/h3-40H,1-2H3. The molecule has 4 nitrogen and oxygen atoms in total. The van der Waals surface area contributed by atoms with Gasteiger partial charge in [0, 0.05) is 55.9 Å². The lowest BCUT2D eigenvalue weighted by atomic mass is 10.0. The van der Waals surface area contributed by atoms with E-state index in [1.165, 1.54) is 29.4 Å². The SMILES string of the molecule is Cc1cccc(C)c1-c1nc(-c2cccc3c2Oc2ccccc2S3(c2ccccc2)c2ccccc2)cc(-c2cccc3c2Oc2ccccc2S3(c2ccccc2)c2ccccc2)n1. The fraction of sp³-hybridized carbons (Fsp3) is 0.0333. The molecule has 0 saturated carbocycles. The quantitative estimate of drug-likeness (QED) is 0.160. The first-order chi connectivity index (χ1) is 32.6. The molecule has 3 heterocycles. The molecule has 0 aliphatic carbocycles. The minimum atomic E-state index is -2.03. The summed E-state index contributed by atoms with van der Waals surface area (Å²) in [5.41, 5.74) is 6.54. The highest BCUT2D eigenvalue weighted by Gasteiger charge is 2.44. The Labute approximate surface area is 388 Å². The number of para-hydroxylation sites is 4. The summed E-state index contributed by atoms with van der Waals surface area (Å²) in [5, 5.41) is 0. The molecule has 0 saturated heterocycles. The van der Waals surface area contributed by atoms with Crippen molar-refractivity contribution in [1.29, 1.82) is 0 Å². The molecule has 2 aliphatic rings. The van der Waals surface area contributed by atoms with Crippen LogP contribution >= 0.6 is 20.1 Å². The number of aryl methyl sites for hydroxylation is 2. The van der Waals surface area contributed by atoms with Gasteiger partial charge in [-0.15, -0.1) is 20.1 Å². The molecule has 0 atom stereocenters. The Balaban J connectivity index is 1.15. The van der Waals surface area contributed by atoms with E-state index >= 15 is 0 Å². The van der Waals surface area contributed by atoms with Crippen LogP contribution in [0.2, 0.25) is 0 Å². The second-order valence-electron chi connectivity index (χ2n) is 16.6. The van der Waals surface area contributed by atoms with Crippen molar-refractivity contribution in [2.45, 2.75) is 53.0 Å². The van der Waals surface area contributed by atoms with E-state index in [1.54, 1.807) is 0 Å². The van der Waals surface area contributed by atoms with Gasteiger partial charge in [-0.25, -0.2) is 9.97 Å². The van der Waals surface area contributed by atoms with Gasteiger partial charge in [-0.3, -0.25) is 0 Å². The predicted octanol–water partition coefficient (Wildman–Crippen LogP) is 17.0. The monoisotopic (exact) mass is 888 g/mol. The summed E-state index contributed by atoms with van der Waals surface area (Å²) in [6.45, 7) is 4.28. The number of benzene rings is 9. The van der Waals surface area contributed by atoms with E-state index in [0.29, 0.717) is 5.82 Å². The van der Waals surface area contributed by atoms with Crippen LogP contribution in [0.4, 0.5) is 0 Å². The van der Waals surface area contributed by atoms with Gasteiger partial charge in [-0.05, 0) is 128 Å². The van der Waals surface area contributed by atoms with Crippen molar-refractivity contribution in [3.63, 3.8) is 0 Å². The van der Waals surface area contributed by atoms with Crippen molar-refractivity contribution >= 4 is 20.1 Å². The number of aromatic nitrogens is 2. The number of hydrogen-bond acceptors (Lipinski definition) is 4. The van der Waals surface area contributed by atoms with Crippen molar-refractivity contribution in [3.05, 3.63) is 242 Å². The molecule has 1 aromatic heterocycles. The average Bonchev–Trinajstić information content (AvgIpc) is 3.38. The summed E-state index contributed by atoms with van der Waals surface area (Å²) in [6.07, 6.45) is 0. The maximum absolute atomic E-state index is 7.19. The van der Waals surface area contributed by atoms with Crippen LogP contribution in [0, 0.1) is 13.8 Å². The molecule has 2 aliphatic heterocycles. The van der Waals surface area contributed by atoms with E-state index in [-0.39, 0.29) is 0 Å². The fourth-order valence-corrected chi connectivity index (χ4v) is 18.1. The third-order valence-electron chi connectivity index (χ3n) is 12.8. The van der Waals surface area contributed by atoms with Crippen LogP contribution in [0.15, 0.2) is 270 Å². The van der Waals surface area contributed by atoms with Crippen LogP contribution in [-0.4, -0.2) is 9.97 Å². The van der Waals surface area contributed by atoms with Gasteiger partial charge in [0.2, 0.25) is 0 Å². The summed E-state index contributed by atoms with van der Waals surface area (Å²) in [5.74, 6) is 3.93. The first-order valence-corrected chi connectivity index (χ1v) is 25.5. The van der Waals surface area contributed by atoms with E-state index < -0.39 is 20.1 Å². The molecule has 9 aromatic carbocycles. The molecule has 0 N–H and O–H groups in total. The number of rotatable bonds is 7. The minimum absolute atomic E-state index is 0.648. The topological polar surface area (TPSA) is 44.2 Å². The second-order valence-corrected chi connectivity index (χ2v) is 22.7. The Morgan fingerprint density at radius 3 is 1.06 bits per heavy atom. The third-order valence-corrected chi connectivity index (χ3v) is 20.6. The molecule has 0 radical (unpaired) electrons. The van der Waals surface area contributed by atoms with E-state index in [9.17, 15) is 0 Å². The van der Waals surface area contributed by atoms with Crippen LogP contribution in [-0.2, 0) is 0 Å². The minimum Gasteiger partial charge on any atom is -0.454 e. The predicted molar refractivity (Wildman–Crippen MR) is 268 cm³/mol. The van der Waals surface area contributed by atoms with Gasteiger partial charge < -0.3 is 9.47 Å². The molecule has 10 aromatic rings. The van der Waals surface area contributed by atoms with Gasteiger partial charge in [0.1, 0.15) is 23.0 Å². The second kappa shape index (κ2) is 16.1. The summed E-state index contributed by atoms with van der Waals surface area (Å²) >= 11 is 0. The zero-order valence-corrected chi connectivity index (χ0v) is 38.1. The molecule has 66 heavy (non-hydrogen) atoms. The van der Waals surface area contributed by atoms with Crippen molar-refractivity contribution < 1.29 is 9.47 Å². The van der Waals surface area contributed by atoms with Crippen molar-refractivity contribution in [2.75, 3.05) is 0 Å². The maximum atomic E-state index is 7.19. The van der Waals surface area contributed by atoms with E-state index in [1.807, 2.05) is 0 Å². The lowest BCUT2D eigenvalue weighted by molar-refractivity contribution is 0.453. The number of fused-ring (bicyclic) bond motifs is 4. The van der Waals surface area contributed by atoms with Gasteiger partial charge in [0.25, 0.3) is 0 Å². The molecule has 12 rings (SSSR count). The lowest BCUT2D eigenvalue weighted by Crippen LogP contribution is -2.13. The van der Waals surface area contributed by atoms with Gasteiger partial charge in [-0.2, -0.15) is 0 Å². The van der Waals surface area contributed by atoms with Crippen LogP contribution in [0.1, 0.15) is 11.1 Å². The van der Waals surface area contributed by atoms with Crippen molar-refractivity contribution in [1.82, 2.24) is 9.97 Å². The van der Waals surface area contributed by atoms with Crippen LogP contribution < -0.4 is 9.47 Å². The number of nitrogens with zero attached hydrogens (tertiary/aromatic N) is 2. The Hall–Kier alpha value is -7.64. The van der Waals surface area contributed by atoms with Crippen molar-refractivity contribution in [2.24, 2.45) is 0 Å². The third kappa shape index (κ3) is 6.09. The molecule has 0 amide bonds. The highest BCUT2D eigenvalue weighted by Crippen LogP contribution is 2.81. The van der Waals surface area contributed by atoms with Crippen LogP contribution in [0.3, 0.4) is 0 Å². The van der Waals surface area contributed by atoms with Crippen LogP contribution in [0.5, 0.6) is 23.0 Å². The zero-order valence-electron chi connectivity index (χ0n) is 36.5. The van der Waals surface area contributed by atoms with E-state index in [4.69, 9.17) is 19.4 Å². The molecular weight excluding hydrogens is 845 g/mol. The Bertz CT molecular complexity index is 3150. The van der Waals surface area contributed by atoms with Gasteiger partial charge >= 0.3 is 0 Å². The molecule has 0 unspecified atom stereocenters. The number of ether oxygens (including phenoxy) is 2. The Morgan fingerprint density at radius 2 is 0.667 bits per heavy atom. The smallest absolute Gasteiger partial charge is 0.160 e. The molecule has 0 spiro atoms. The van der Waals surface area contributed by atoms with Crippen molar-refractivity contribution in [3.8, 4) is 56.9 Å². The zero-order chi connectivity index (χ0) is 44.2. The molecule has 0 fully saturated rings. The Kier molecular flexibility index (Phi) is 9.74. The first kappa shape index (κ1) is 39.9. The molecular formula is C60H44N2O2S2. The molecule has 318 valence electrons. The maximum Gasteiger partial charge on any atom is 0.160 e. The molecule has 0 bridgehead atoms. The normalized spacial score (nSPS) is 14.8. The summed E-state index contributed by atoms with van der Waals surface area (Å²) in [4.78, 5) is 20.6. The average molecular weight is 889 g/mol. The Morgan fingerprint density at radius 1 is 0.333 bits per heavy atom. The first-order valence-electron chi connectivity index (χ1n) is 22.2. The summed E-state index contributed by atoms with van der Waals surface area (Å²) in [6, 6.07) is 82.5. The summed E-state index contributed by atoms with van der Waals surface area (Å²) < 4.78 is 14.4. The van der Waals surface area contributed by atoms with Gasteiger partial charge in [0.05, 0.1) is 11.4 Å². The highest BCUT2D eigenvalue weighted by atomic mass is 32.3. The highest BCUT2D eigenvalue weighted by molar-refractivity contribution is 8.34. The lowest BCUT2D eigenvalue weighted by Gasteiger charge is -2.46. The van der Waals surface area contributed by atoms with E-state index in [0.717, 1.165) is 72.0 Å². The van der Waals surface area contributed by atoms with Gasteiger partial charge in [0.15, 0.2) is 5.82 Å². The van der Waals surface area contributed by atoms with Crippen LogP contribution in [0.25, 0.3) is 33.9 Å². The largest absolute Gasteiger partial charge is 0.454 e. The fourth-order valence-electron chi connectivity index (χ4n) is 9.95. The summed E-state index contributed by atoms with van der Waals surface area (Å²) in [7, 11) is -4.07. The number of hydrogen-bond donors (Lipinski definition) is 0. The van der Waals surface area contributed by atoms with Gasteiger partial charge in [-0.1, -0.05) is 127 Å². The molecule has 6 heteroatoms. The van der Waals surface area contributed by atoms with E-state index in [2.05, 4.69) is 244 Å².